The number of nitrogens with one attached hydrogen (secondary N) is 1. The van der Waals surface area contributed by atoms with Crippen molar-refractivity contribution in [1.29, 1.82) is 0 Å². The maximum absolute atomic E-state index is 12.9. The summed E-state index contributed by atoms with van der Waals surface area (Å²) in [5.74, 6) is -1.21. The van der Waals surface area contributed by atoms with Gasteiger partial charge in [-0.1, -0.05) is 238 Å². The molecule has 0 radical (unpaired) electrons. The zero-order chi connectivity index (χ0) is 46.7. The Morgan fingerprint density at radius 3 is 1.12 bits per heavy atom. The normalized spacial score (nSPS) is 12.5. The number of unbranched alkanes of at least 4 members (excludes halogenated alkanes) is 37. The van der Waals surface area contributed by atoms with E-state index in [9.17, 15) is 19.5 Å². The number of nitrogens with two attached hydrogens (primary N) is 1. The van der Waals surface area contributed by atoms with Gasteiger partial charge in [0.05, 0.1) is 0 Å². The van der Waals surface area contributed by atoms with E-state index in [4.69, 9.17) is 10.5 Å². The van der Waals surface area contributed by atoms with Crippen LogP contribution in [0, 0.1) is 0 Å². The number of esters is 1. The fourth-order valence-corrected chi connectivity index (χ4v) is 9.04. The van der Waals surface area contributed by atoms with Crippen LogP contribution in [0.1, 0.15) is 316 Å². The van der Waals surface area contributed by atoms with E-state index in [0.717, 1.165) is 64.2 Å². The summed E-state index contributed by atoms with van der Waals surface area (Å²) in [5, 5.41) is 12.0. The molecule has 0 rings (SSSR count). The summed E-state index contributed by atoms with van der Waals surface area (Å²) in [6.45, 7) is 4.99. The second-order valence-electron chi connectivity index (χ2n) is 19.7. The van der Waals surface area contributed by atoms with Crippen LogP contribution in [0.5, 0.6) is 0 Å². The van der Waals surface area contributed by atoms with Gasteiger partial charge in [0.1, 0.15) is 12.1 Å². The zero-order valence-electron chi connectivity index (χ0n) is 42.9. The van der Waals surface area contributed by atoms with Crippen LogP contribution in [0.15, 0.2) is 12.2 Å². The molecule has 1 amide bonds. The molecule has 4 N–H and O–H groups in total. The molecule has 0 aromatic heterocycles. The van der Waals surface area contributed by atoms with E-state index < -0.39 is 12.0 Å². The fourth-order valence-electron chi connectivity index (χ4n) is 9.04. The summed E-state index contributed by atoms with van der Waals surface area (Å²) >= 11 is 0. The summed E-state index contributed by atoms with van der Waals surface area (Å²) in [5.41, 5.74) is 5.51. The van der Waals surface area contributed by atoms with E-state index in [1.807, 2.05) is 0 Å². The predicted octanol–water partition coefficient (Wildman–Crippen LogP) is 17.4. The van der Waals surface area contributed by atoms with Crippen molar-refractivity contribution in [3.8, 4) is 0 Å². The lowest BCUT2D eigenvalue weighted by Gasteiger charge is -2.18. The monoisotopic (exact) mass is 903 g/mol. The third-order valence-corrected chi connectivity index (χ3v) is 13.3. The van der Waals surface area contributed by atoms with Gasteiger partial charge in [0.25, 0.3) is 0 Å². The Kier molecular flexibility index (Phi) is 50.5. The summed E-state index contributed by atoms with van der Waals surface area (Å²) in [6, 6.07) is -0.855. The van der Waals surface area contributed by atoms with Gasteiger partial charge in [-0.15, -0.1) is 0 Å². The van der Waals surface area contributed by atoms with Crippen LogP contribution in [0.4, 0.5) is 0 Å². The predicted molar refractivity (Wildman–Crippen MR) is 276 cm³/mol. The highest BCUT2D eigenvalue weighted by Gasteiger charge is 2.19. The molecule has 2 unspecified atom stereocenters. The van der Waals surface area contributed by atoms with Crippen LogP contribution in [0.25, 0.3) is 0 Å². The zero-order valence-corrected chi connectivity index (χ0v) is 42.9. The molecule has 7 heteroatoms. The molecule has 0 aromatic carbocycles. The lowest BCUT2D eigenvalue weighted by molar-refractivity contribution is -0.150. The average Bonchev–Trinajstić information content (AvgIpc) is 3.28. The third-order valence-electron chi connectivity index (χ3n) is 13.3. The highest BCUT2D eigenvalue weighted by Crippen LogP contribution is 2.20. The summed E-state index contributed by atoms with van der Waals surface area (Å²) in [4.78, 5) is 36.7. The van der Waals surface area contributed by atoms with Crippen molar-refractivity contribution in [1.82, 2.24) is 5.32 Å². The summed E-state index contributed by atoms with van der Waals surface area (Å²) < 4.78 is 6.11. The fraction of sp³-hybridized carbons (Fsp3) is 0.912. The Morgan fingerprint density at radius 1 is 0.438 bits per heavy atom. The van der Waals surface area contributed by atoms with Crippen molar-refractivity contribution >= 4 is 17.8 Å². The molecular formula is C57H110N2O5. The molecular weight excluding hydrogens is 793 g/mol. The molecule has 0 aliphatic carbocycles. The maximum atomic E-state index is 12.9. The first-order valence-corrected chi connectivity index (χ1v) is 28.5. The molecule has 0 bridgehead atoms. The van der Waals surface area contributed by atoms with E-state index >= 15 is 0 Å². The van der Waals surface area contributed by atoms with Gasteiger partial charge in [-0.25, -0.2) is 4.79 Å². The number of ether oxygens (including phenoxy) is 1. The number of aliphatic carboxylic acids is 1. The Labute approximate surface area is 398 Å². The Bertz CT molecular complexity index is 1020. The molecule has 0 saturated heterocycles. The van der Waals surface area contributed by atoms with Gasteiger partial charge in [-0.05, 0) is 83.6 Å². The molecule has 0 aromatic rings. The summed E-state index contributed by atoms with van der Waals surface area (Å²) in [6.07, 6.45) is 61.5. The van der Waals surface area contributed by atoms with E-state index in [1.165, 1.54) is 212 Å². The van der Waals surface area contributed by atoms with Crippen LogP contribution >= 0.6 is 0 Å². The molecule has 2 atom stereocenters. The molecule has 0 aliphatic rings. The number of amides is 1. The number of carboxylic acid groups (broad SMARTS) is 1. The first-order chi connectivity index (χ1) is 31.4. The van der Waals surface area contributed by atoms with Crippen LogP contribution in [-0.4, -0.2) is 41.6 Å². The SMILES string of the molecule is CCCCCCCCCC/C=C\CCCCCCCCCCCCCC(=O)OC(CCCCCCCCCCCCCCCCC)CCCCCCCC(=O)NC(CCCN)C(=O)O. The maximum Gasteiger partial charge on any atom is 0.326 e. The van der Waals surface area contributed by atoms with Crippen LogP contribution in [0.3, 0.4) is 0 Å². The smallest absolute Gasteiger partial charge is 0.326 e. The van der Waals surface area contributed by atoms with Crippen molar-refractivity contribution in [3.63, 3.8) is 0 Å². The third kappa shape index (κ3) is 48.1. The van der Waals surface area contributed by atoms with Crippen molar-refractivity contribution in [2.75, 3.05) is 6.54 Å². The summed E-state index contributed by atoms with van der Waals surface area (Å²) in [7, 11) is 0. The van der Waals surface area contributed by atoms with Crippen molar-refractivity contribution in [3.05, 3.63) is 12.2 Å². The minimum atomic E-state index is -0.999. The van der Waals surface area contributed by atoms with Gasteiger partial charge in [-0.2, -0.15) is 0 Å². The standard InChI is InChI=1S/C57H110N2O5/c1-3-5-7-9-11-13-15-17-19-20-21-22-23-24-25-26-28-30-32-34-36-41-45-51-56(61)64-53(47-42-38-35-33-31-29-27-18-16-14-12-10-8-6-4-2)48-43-39-37-40-44-50-55(60)59-54(57(62)63)49-46-52-58/h20-21,53-54H,3-19,22-52,58H2,1-2H3,(H,59,60)(H,62,63)/b21-20-. The molecule has 0 heterocycles. The Morgan fingerprint density at radius 2 is 0.766 bits per heavy atom. The van der Waals surface area contributed by atoms with E-state index in [0.29, 0.717) is 32.2 Å². The minimum absolute atomic E-state index is 0.0120. The van der Waals surface area contributed by atoms with Gasteiger partial charge in [0, 0.05) is 12.8 Å². The van der Waals surface area contributed by atoms with Crippen LogP contribution in [-0.2, 0) is 19.1 Å². The average molecular weight is 904 g/mol. The quantitative estimate of drug-likeness (QED) is 0.0318. The second kappa shape index (κ2) is 52.1. The molecule has 0 fully saturated rings. The first-order valence-electron chi connectivity index (χ1n) is 28.5. The number of carbonyl (C=O) groups is 3. The number of rotatable bonds is 53. The highest BCUT2D eigenvalue weighted by atomic mass is 16.5. The molecule has 0 aliphatic heterocycles. The van der Waals surface area contributed by atoms with Gasteiger partial charge in [0.2, 0.25) is 5.91 Å². The van der Waals surface area contributed by atoms with Crippen LogP contribution in [0.2, 0.25) is 0 Å². The number of carbonyl (C=O) groups excluding carboxylic acids is 2. The van der Waals surface area contributed by atoms with Gasteiger partial charge in [-0.3, -0.25) is 9.59 Å². The number of hydrogen-bond donors (Lipinski definition) is 3. The largest absolute Gasteiger partial charge is 0.480 e. The molecule has 64 heavy (non-hydrogen) atoms. The van der Waals surface area contributed by atoms with Crippen LogP contribution < -0.4 is 11.1 Å². The Balaban J connectivity index is 4.18. The topological polar surface area (TPSA) is 119 Å². The number of hydrogen-bond acceptors (Lipinski definition) is 5. The Hall–Kier alpha value is -1.89. The first kappa shape index (κ1) is 62.1. The number of allylic oxidation sites excluding steroid dienone is 2. The van der Waals surface area contributed by atoms with E-state index in [2.05, 4.69) is 31.3 Å². The molecule has 7 nitrogen and oxygen atoms in total. The minimum Gasteiger partial charge on any atom is -0.480 e. The number of carboxylic acids is 1. The highest BCUT2D eigenvalue weighted by molar-refractivity contribution is 5.83. The lowest BCUT2D eigenvalue weighted by Crippen LogP contribution is -2.40. The second-order valence-corrected chi connectivity index (χ2v) is 19.7. The van der Waals surface area contributed by atoms with Crippen molar-refractivity contribution in [2.24, 2.45) is 5.73 Å². The van der Waals surface area contributed by atoms with E-state index in [1.54, 1.807) is 0 Å². The van der Waals surface area contributed by atoms with Crippen molar-refractivity contribution in [2.45, 2.75) is 328 Å². The lowest BCUT2D eigenvalue weighted by atomic mass is 10.0. The van der Waals surface area contributed by atoms with Gasteiger partial charge in [0.15, 0.2) is 0 Å². The van der Waals surface area contributed by atoms with Crippen molar-refractivity contribution < 1.29 is 24.2 Å². The molecule has 378 valence electrons. The van der Waals surface area contributed by atoms with Gasteiger partial charge >= 0.3 is 11.9 Å². The molecule has 0 saturated carbocycles. The molecule has 0 spiro atoms. The van der Waals surface area contributed by atoms with Gasteiger partial charge < -0.3 is 20.9 Å². The van der Waals surface area contributed by atoms with E-state index in [-0.39, 0.29) is 18.0 Å².